The molecular formula is C20H21N. The molecule has 0 amide bonds. The molecule has 106 valence electrons. The van der Waals surface area contributed by atoms with Gasteiger partial charge in [-0.25, -0.2) is 0 Å². The van der Waals surface area contributed by atoms with Crippen LogP contribution in [0.2, 0.25) is 0 Å². The maximum Gasteiger partial charge on any atom is 0.0314 e. The first-order valence-corrected chi connectivity index (χ1v) is 7.83. The Morgan fingerprint density at radius 3 is 2.33 bits per heavy atom. The van der Waals surface area contributed by atoms with Crippen molar-refractivity contribution in [2.45, 2.75) is 38.0 Å². The lowest BCUT2D eigenvalue weighted by molar-refractivity contribution is 0.717. The zero-order valence-corrected chi connectivity index (χ0v) is 12.5. The van der Waals surface area contributed by atoms with Gasteiger partial charge in [-0.1, -0.05) is 36.4 Å². The quantitative estimate of drug-likeness (QED) is 0.736. The summed E-state index contributed by atoms with van der Waals surface area (Å²) in [5.41, 5.74) is 15.1. The summed E-state index contributed by atoms with van der Waals surface area (Å²) in [6, 6.07) is 12.9. The molecule has 0 aliphatic heterocycles. The van der Waals surface area contributed by atoms with E-state index >= 15 is 0 Å². The van der Waals surface area contributed by atoms with Crippen molar-refractivity contribution >= 4 is 11.3 Å². The molecular weight excluding hydrogens is 254 g/mol. The number of allylic oxidation sites excluding steroid dienone is 1. The first kappa shape index (κ1) is 12.7. The monoisotopic (exact) mass is 275 g/mol. The van der Waals surface area contributed by atoms with Crippen molar-refractivity contribution in [1.29, 1.82) is 0 Å². The maximum absolute atomic E-state index is 5.83. The second-order valence-corrected chi connectivity index (χ2v) is 6.60. The number of hydrogen-bond acceptors (Lipinski definition) is 1. The van der Waals surface area contributed by atoms with Crippen molar-refractivity contribution in [2.24, 2.45) is 0 Å². The molecule has 2 aromatic rings. The average Bonchev–Trinajstić information content (AvgIpc) is 3.09. The summed E-state index contributed by atoms with van der Waals surface area (Å²) in [5, 5.41) is 0. The van der Waals surface area contributed by atoms with Gasteiger partial charge >= 0.3 is 0 Å². The van der Waals surface area contributed by atoms with E-state index in [2.05, 4.69) is 37.8 Å². The highest BCUT2D eigenvalue weighted by Crippen LogP contribution is 2.57. The third-order valence-corrected chi connectivity index (χ3v) is 5.22. The van der Waals surface area contributed by atoms with Crippen LogP contribution in [-0.4, -0.2) is 0 Å². The number of nitrogen functional groups attached to an aromatic ring is 1. The minimum atomic E-state index is 0.747. The lowest BCUT2D eigenvalue weighted by Gasteiger charge is -2.23. The van der Waals surface area contributed by atoms with Gasteiger partial charge in [0.05, 0.1) is 0 Å². The maximum atomic E-state index is 5.83. The van der Waals surface area contributed by atoms with E-state index in [9.17, 15) is 0 Å². The van der Waals surface area contributed by atoms with E-state index in [-0.39, 0.29) is 0 Å². The second kappa shape index (κ2) is 4.49. The van der Waals surface area contributed by atoms with Gasteiger partial charge in [0.1, 0.15) is 0 Å². The molecule has 1 heteroatoms. The molecule has 21 heavy (non-hydrogen) atoms. The Labute approximate surface area is 126 Å². The van der Waals surface area contributed by atoms with E-state index in [1.54, 1.807) is 11.1 Å². The molecule has 2 aliphatic carbocycles. The number of nitrogens with two attached hydrogens (primary N) is 1. The summed E-state index contributed by atoms with van der Waals surface area (Å²) >= 11 is 0. The third kappa shape index (κ3) is 1.84. The fourth-order valence-corrected chi connectivity index (χ4v) is 4.31. The zero-order chi connectivity index (χ0) is 14.6. The van der Waals surface area contributed by atoms with E-state index in [1.165, 1.54) is 41.5 Å². The van der Waals surface area contributed by atoms with Crippen LogP contribution in [0.1, 0.15) is 54.7 Å². The molecule has 2 aliphatic rings. The molecule has 2 atom stereocenters. The van der Waals surface area contributed by atoms with Crippen LogP contribution in [-0.2, 0) is 0 Å². The summed E-state index contributed by atoms with van der Waals surface area (Å²) in [5.74, 6) is 1.50. The molecule has 0 spiro atoms. The van der Waals surface area contributed by atoms with Crippen LogP contribution in [0.4, 0.5) is 5.69 Å². The van der Waals surface area contributed by atoms with E-state index in [4.69, 9.17) is 5.73 Å². The molecule has 2 aromatic carbocycles. The van der Waals surface area contributed by atoms with Gasteiger partial charge in [-0.2, -0.15) is 0 Å². The van der Waals surface area contributed by atoms with Gasteiger partial charge in [0.2, 0.25) is 0 Å². The molecule has 2 bridgehead atoms. The molecule has 0 heterocycles. The van der Waals surface area contributed by atoms with Crippen LogP contribution in [0.25, 0.3) is 16.7 Å². The fourth-order valence-electron chi connectivity index (χ4n) is 4.31. The van der Waals surface area contributed by atoms with Crippen molar-refractivity contribution in [3.8, 4) is 11.1 Å². The third-order valence-electron chi connectivity index (χ3n) is 5.22. The average molecular weight is 275 g/mol. The fraction of sp³-hybridized carbons (Fsp3) is 0.300. The van der Waals surface area contributed by atoms with Gasteiger partial charge in [-0.3, -0.25) is 0 Å². The smallest absolute Gasteiger partial charge is 0.0314 e. The normalized spacial score (nSPS) is 22.3. The lowest BCUT2D eigenvalue weighted by atomic mass is 9.82. The Balaban J connectivity index is 1.95. The minimum absolute atomic E-state index is 0.747. The van der Waals surface area contributed by atoms with E-state index in [1.807, 2.05) is 12.1 Å². The zero-order valence-electron chi connectivity index (χ0n) is 12.5. The number of fused-ring (bicyclic) bond motifs is 5. The lowest BCUT2D eigenvalue weighted by Crippen LogP contribution is -2.04. The van der Waals surface area contributed by atoms with Crippen LogP contribution in [0.5, 0.6) is 0 Å². The van der Waals surface area contributed by atoms with Crippen molar-refractivity contribution in [3.05, 3.63) is 59.7 Å². The summed E-state index contributed by atoms with van der Waals surface area (Å²) in [6.45, 7) is 6.31. The van der Waals surface area contributed by atoms with Gasteiger partial charge in [0, 0.05) is 5.69 Å². The van der Waals surface area contributed by atoms with Gasteiger partial charge in [-0.05, 0) is 78.0 Å². The Kier molecular flexibility index (Phi) is 2.72. The summed E-state index contributed by atoms with van der Waals surface area (Å²) in [6.07, 6.45) is 4.03. The number of benzene rings is 2. The van der Waals surface area contributed by atoms with Crippen molar-refractivity contribution < 1.29 is 0 Å². The molecule has 1 fully saturated rings. The van der Waals surface area contributed by atoms with Gasteiger partial charge in [0.25, 0.3) is 0 Å². The summed E-state index contributed by atoms with van der Waals surface area (Å²) in [4.78, 5) is 0. The SMILES string of the molecule is C=C(C)c1ccc(-c2ccc(N)cc2)c2c1C1CCC2C1. The van der Waals surface area contributed by atoms with Gasteiger partial charge in [0.15, 0.2) is 0 Å². The molecule has 0 aromatic heterocycles. The molecule has 2 unspecified atom stereocenters. The molecule has 0 saturated heterocycles. The molecule has 4 rings (SSSR count). The van der Waals surface area contributed by atoms with Crippen LogP contribution in [0.15, 0.2) is 43.0 Å². The Morgan fingerprint density at radius 2 is 1.67 bits per heavy atom. The van der Waals surface area contributed by atoms with Crippen molar-refractivity contribution in [2.75, 3.05) is 5.73 Å². The highest BCUT2D eigenvalue weighted by Gasteiger charge is 2.40. The van der Waals surface area contributed by atoms with Crippen LogP contribution in [0, 0.1) is 0 Å². The van der Waals surface area contributed by atoms with Gasteiger partial charge < -0.3 is 5.73 Å². The van der Waals surface area contributed by atoms with Crippen molar-refractivity contribution in [3.63, 3.8) is 0 Å². The summed E-state index contributed by atoms with van der Waals surface area (Å²) in [7, 11) is 0. The summed E-state index contributed by atoms with van der Waals surface area (Å²) < 4.78 is 0. The van der Waals surface area contributed by atoms with Crippen LogP contribution < -0.4 is 5.73 Å². The van der Waals surface area contributed by atoms with E-state index in [0.29, 0.717) is 0 Å². The second-order valence-electron chi connectivity index (χ2n) is 6.60. The van der Waals surface area contributed by atoms with Crippen molar-refractivity contribution in [1.82, 2.24) is 0 Å². The van der Waals surface area contributed by atoms with E-state index < -0.39 is 0 Å². The van der Waals surface area contributed by atoms with E-state index in [0.717, 1.165) is 17.5 Å². The highest BCUT2D eigenvalue weighted by atomic mass is 14.5. The number of rotatable bonds is 2. The predicted octanol–water partition coefficient (Wildman–Crippen LogP) is 5.33. The largest absolute Gasteiger partial charge is 0.399 e. The molecule has 1 saturated carbocycles. The minimum Gasteiger partial charge on any atom is -0.399 e. The van der Waals surface area contributed by atoms with Crippen LogP contribution >= 0.6 is 0 Å². The predicted molar refractivity (Wildman–Crippen MR) is 90.3 cm³/mol. The standard InChI is InChI=1S/C20H21N/c1-12(2)17-9-10-18(13-5-7-16(21)8-6-13)20-15-4-3-14(11-15)19(17)20/h5-10,14-15H,1,3-4,11,21H2,2H3. The topological polar surface area (TPSA) is 26.0 Å². The van der Waals surface area contributed by atoms with Crippen LogP contribution in [0.3, 0.4) is 0 Å². The molecule has 0 radical (unpaired) electrons. The Hall–Kier alpha value is -2.02. The molecule has 2 N–H and O–H groups in total. The number of hydrogen-bond donors (Lipinski definition) is 1. The first-order valence-electron chi connectivity index (χ1n) is 7.83. The molecule has 1 nitrogen and oxygen atoms in total. The Bertz CT molecular complexity index is 724. The first-order chi connectivity index (χ1) is 10.1. The Morgan fingerprint density at radius 1 is 1.00 bits per heavy atom. The number of anilines is 1. The van der Waals surface area contributed by atoms with Gasteiger partial charge in [-0.15, -0.1) is 0 Å². The highest BCUT2D eigenvalue weighted by molar-refractivity contribution is 5.78.